The number of hydrogen-bond acceptors (Lipinski definition) is 7. The Morgan fingerprint density at radius 1 is 1.00 bits per heavy atom. The third-order valence-corrected chi connectivity index (χ3v) is 7.67. The van der Waals surface area contributed by atoms with E-state index in [1.165, 1.54) is 17.7 Å². The lowest BCUT2D eigenvalue weighted by Crippen LogP contribution is -2.38. The fourth-order valence-electron chi connectivity index (χ4n) is 5.54. The topological polar surface area (TPSA) is 101 Å². The standard InChI is InChI=1S/C33H37N3O6/c1-3-40-33(39)31-23(2)36(22-27-14-15-29(42-27)32(38)34-16-19-35-17-7-8-18-35)30(37)21-28(31)24-10-9-13-26(20-24)41-25-11-5-4-6-12-25/h4-6,9-15,20,28H,3,7-8,16-19,21-22H2,1-2H3,(H,34,38). The molecule has 2 aliphatic rings. The highest BCUT2D eigenvalue weighted by Crippen LogP contribution is 2.39. The van der Waals surface area contributed by atoms with Gasteiger partial charge in [0.2, 0.25) is 5.91 Å². The Hall–Kier alpha value is -4.37. The van der Waals surface area contributed by atoms with Crippen molar-refractivity contribution in [2.45, 2.75) is 45.6 Å². The summed E-state index contributed by atoms with van der Waals surface area (Å²) in [5, 5.41) is 2.90. The second-order valence-electron chi connectivity index (χ2n) is 10.5. The van der Waals surface area contributed by atoms with Gasteiger partial charge in [-0.1, -0.05) is 30.3 Å². The second-order valence-corrected chi connectivity index (χ2v) is 10.5. The smallest absolute Gasteiger partial charge is 0.336 e. The van der Waals surface area contributed by atoms with Crippen molar-refractivity contribution in [2.24, 2.45) is 0 Å². The molecule has 2 aliphatic heterocycles. The maximum atomic E-state index is 13.5. The number of para-hydroxylation sites is 1. The number of furan rings is 1. The van der Waals surface area contributed by atoms with Gasteiger partial charge >= 0.3 is 5.97 Å². The Kier molecular flexibility index (Phi) is 9.38. The molecule has 1 fully saturated rings. The minimum Gasteiger partial charge on any atom is -0.463 e. The predicted molar refractivity (Wildman–Crippen MR) is 157 cm³/mol. The third kappa shape index (κ3) is 6.91. The van der Waals surface area contributed by atoms with Crippen LogP contribution in [0.4, 0.5) is 0 Å². The lowest BCUT2D eigenvalue weighted by molar-refractivity contribution is -0.140. The van der Waals surface area contributed by atoms with Crippen LogP contribution in [0.15, 0.2) is 82.4 Å². The van der Waals surface area contributed by atoms with Crippen LogP contribution < -0.4 is 10.1 Å². The fraction of sp³-hybridized carbons (Fsp3) is 0.364. The van der Waals surface area contributed by atoms with Gasteiger partial charge < -0.3 is 29.0 Å². The molecule has 5 rings (SSSR count). The first kappa shape index (κ1) is 29.1. The summed E-state index contributed by atoms with van der Waals surface area (Å²) in [6.45, 7) is 7.30. The van der Waals surface area contributed by atoms with Crippen molar-refractivity contribution in [3.05, 3.63) is 95.1 Å². The van der Waals surface area contributed by atoms with Gasteiger partial charge in [0.1, 0.15) is 17.3 Å². The molecule has 1 aromatic heterocycles. The molecule has 1 atom stereocenters. The molecule has 1 N–H and O–H groups in total. The van der Waals surface area contributed by atoms with Gasteiger partial charge in [-0.25, -0.2) is 4.79 Å². The highest BCUT2D eigenvalue weighted by atomic mass is 16.5. The molecule has 3 aromatic rings. The van der Waals surface area contributed by atoms with Crippen molar-refractivity contribution in [3.8, 4) is 11.5 Å². The van der Waals surface area contributed by atoms with Gasteiger partial charge in [-0.3, -0.25) is 9.59 Å². The minimum absolute atomic E-state index is 0.0742. The zero-order chi connectivity index (χ0) is 29.5. The van der Waals surface area contributed by atoms with E-state index >= 15 is 0 Å². The van der Waals surface area contributed by atoms with E-state index in [2.05, 4.69) is 10.2 Å². The maximum Gasteiger partial charge on any atom is 0.336 e. The number of amides is 2. The Morgan fingerprint density at radius 2 is 1.76 bits per heavy atom. The predicted octanol–water partition coefficient (Wildman–Crippen LogP) is 5.25. The van der Waals surface area contributed by atoms with Crippen LogP contribution in [0.25, 0.3) is 0 Å². The van der Waals surface area contributed by atoms with E-state index in [9.17, 15) is 14.4 Å². The van der Waals surface area contributed by atoms with Crippen molar-refractivity contribution >= 4 is 17.8 Å². The minimum atomic E-state index is -0.499. The molecule has 0 aliphatic carbocycles. The molecule has 0 bridgehead atoms. The van der Waals surface area contributed by atoms with Crippen molar-refractivity contribution in [2.75, 3.05) is 32.8 Å². The molecule has 1 unspecified atom stereocenters. The van der Waals surface area contributed by atoms with E-state index in [0.29, 0.717) is 35.1 Å². The zero-order valence-electron chi connectivity index (χ0n) is 24.1. The first-order chi connectivity index (χ1) is 20.4. The molecule has 0 radical (unpaired) electrons. The van der Waals surface area contributed by atoms with Gasteiger partial charge in [0.05, 0.1) is 18.7 Å². The van der Waals surface area contributed by atoms with Crippen molar-refractivity contribution < 1.29 is 28.3 Å². The molecule has 0 saturated carbocycles. The molecule has 9 heteroatoms. The van der Waals surface area contributed by atoms with Gasteiger partial charge in [-0.2, -0.15) is 0 Å². The molecule has 1 saturated heterocycles. The van der Waals surface area contributed by atoms with E-state index < -0.39 is 11.9 Å². The van der Waals surface area contributed by atoms with Crippen LogP contribution in [0.3, 0.4) is 0 Å². The Balaban J connectivity index is 1.32. The van der Waals surface area contributed by atoms with Crippen molar-refractivity contribution in [1.82, 2.24) is 15.1 Å². The molecular weight excluding hydrogens is 534 g/mol. The van der Waals surface area contributed by atoms with Gasteiger partial charge in [0, 0.05) is 31.1 Å². The quantitative estimate of drug-likeness (QED) is 0.314. The van der Waals surface area contributed by atoms with E-state index in [-0.39, 0.29) is 37.1 Å². The lowest BCUT2D eigenvalue weighted by atomic mass is 9.83. The molecule has 42 heavy (non-hydrogen) atoms. The number of rotatable bonds is 11. The van der Waals surface area contributed by atoms with Crippen molar-refractivity contribution in [3.63, 3.8) is 0 Å². The first-order valence-electron chi connectivity index (χ1n) is 14.5. The fourth-order valence-corrected chi connectivity index (χ4v) is 5.54. The van der Waals surface area contributed by atoms with Crippen LogP contribution in [0.5, 0.6) is 11.5 Å². The summed E-state index contributed by atoms with van der Waals surface area (Å²) in [6, 6.07) is 20.2. The highest BCUT2D eigenvalue weighted by Gasteiger charge is 2.37. The summed E-state index contributed by atoms with van der Waals surface area (Å²) in [6.07, 6.45) is 2.48. The molecular formula is C33H37N3O6. The zero-order valence-corrected chi connectivity index (χ0v) is 24.1. The van der Waals surface area contributed by atoms with Crippen LogP contribution >= 0.6 is 0 Å². The number of allylic oxidation sites excluding steroid dienone is 1. The summed E-state index contributed by atoms with van der Waals surface area (Å²) in [7, 11) is 0. The third-order valence-electron chi connectivity index (χ3n) is 7.67. The van der Waals surface area contributed by atoms with Crippen LogP contribution in [0, 0.1) is 0 Å². The Morgan fingerprint density at radius 3 is 2.52 bits per heavy atom. The largest absolute Gasteiger partial charge is 0.463 e. The van der Waals surface area contributed by atoms with Gasteiger partial charge in [-0.05, 0) is 81.7 Å². The van der Waals surface area contributed by atoms with Crippen LogP contribution in [0.1, 0.15) is 60.9 Å². The van der Waals surface area contributed by atoms with Crippen LogP contribution in [-0.2, 0) is 20.9 Å². The number of likely N-dealkylation sites (tertiary alicyclic amines) is 1. The molecule has 3 heterocycles. The summed E-state index contributed by atoms with van der Waals surface area (Å²) < 4.78 is 17.3. The van der Waals surface area contributed by atoms with Crippen molar-refractivity contribution in [1.29, 1.82) is 0 Å². The maximum absolute atomic E-state index is 13.5. The van der Waals surface area contributed by atoms with Crippen LogP contribution in [-0.4, -0.2) is 60.4 Å². The number of esters is 1. The van der Waals surface area contributed by atoms with Gasteiger partial charge in [0.15, 0.2) is 5.76 Å². The highest BCUT2D eigenvalue weighted by molar-refractivity contribution is 5.96. The van der Waals surface area contributed by atoms with Gasteiger partial charge in [0.25, 0.3) is 5.91 Å². The molecule has 0 spiro atoms. The monoisotopic (exact) mass is 571 g/mol. The number of carbonyl (C=O) groups excluding carboxylic acids is 3. The SMILES string of the molecule is CCOC(=O)C1=C(C)N(Cc2ccc(C(=O)NCCN3CCCC3)o2)C(=O)CC1c1cccc(Oc2ccccc2)c1. The summed E-state index contributed by atoms with van der Waals surface area (Å²) >= 11 is 0. The number of nitrogens with one attached hydrogen (secondary N) is 1. The van der Waals surface area contributed by atoms with E-state index in [1.54, 1.807) is 26.0 Å². The Labute approximate surface area is 246 Å². The average Bonchev–Trinajstić information content (AvgIpc) is 3.68. The molecule has 2 amide bonds. The van der Waals surface area contributed by atoms with Gasteiger partial charge in [-0.15, -0.1) is 0 Å². The molecule has 9 nitrogen and oxygen atoms in total. The summed E-state index contributed by atoms with van der Waals surface area (Å²) in [4.78, 5) is 43.2. The lowest BCUT2D eigenvalue weighted by Gasteiger charge is -2.34. The summed E-state index contributed by atoms with van der Waals surface area (Å²) in [5.41, 5.74) is 1.70. The number of nitrogens with zero attached hydrogens (tertiary/aromatic N) is 2. The second kappa shape index (κ2) is 13.5. The average molecular weight is 572 g/mol. The van der Waals surface area contributed by atoms with E-state index in [1.807, 2.05) is 54.6 Å². The normalized spacial score (nSPS) is 17.4. The Bertz CT molecular complexity index is 1440. The number of ether oxygens (including phenoxy) is 2. The molecule has 2 aromatic carbocycles. The number of hydrogen-bond donors (Lipinski definition) is 1. The van der Waals surface area contributed by atoms with E-state index in [4.69, 9.17) is 13.9 Å². The summed E-state index contributed by atoms with van der Waals surface area (Å²) in [5.74, 6) is 0.524. The first-order valence-corrected chi connectivity index (χ1v) is 14.5. The van der Waals surface area contributed by atoms with Crippen LogP contribution in [0.2, 0.25) is 0 Å². The van der Waals surface area contributed by atoms with E-state index in [0.717, 1.165) is 25.2 Å². The number of carbonyl (C=O) groups is 3. The number of benzene rings is 2. The molecule has 220 valence electrons.